The first-order valence-corrected chi connectivity index (χ1v) is 3.31. The molecule has 0 bridgehead atoms. The second kappa shape index (κ2) is 5.46. The Balaban J connectivity index is 3.66. The smallest absolute Gasteiger partial charge is 0.414 e. The fourth-order valence-corrected chi connectivity index (χ4v) is 0.461. The van der Waals surface area contributed by atoms with Crippen molar-refractivity contribution in [3.05, 3.63) is 12.2 Å². The number of carbonyl (C=O) groups is 2. The van der Waals surface area contributed by atoms with Gasteiger partial charge in [0.25, 0.3) is 5.91 Å². The number of ether oxygens (including phenoxy) is 1. The zero-order chi connectivity index (χ0) is 8.69. The maximum atomic E-state index is 10.6. The summed E-state index contributed by atoms with van der Waals surface area (Å²) in [6.07, 6.45) is 2.07. The Kier molecular flexibility index (Phi) is 4.81. The van der Waals surface area contributed by atoms with E-state index in [1.54, 1.807) is 13.8 Å². The predicted octanol–water partition coefficient (Wildman–Crippen LogP) is 0.835. The lowest BCUT2D eigenvalue weighted by molar-refractivity contribution is -0.115. The van der Waals surface area contributed by atoms with Gasteiger partial charge in [-0.1, -0.05) is 6.08 Å². The molecule has 0 aromatic heterocycles. The summed E-state index contributed by atoms with van der Waals surface area (Å²) in [5.74, 6) is -0.467. The van der Waals surface area contributed by atoms with Gasteiger partial charge in [-0.25, -0.2) is 4.79 Å². The maximum Gasteiger partial charge on any atom is 0.414 e. The maximum absolute atomic E-state index is 10.6. The fourth-order valence-electron chi connectivity index (χ4n) is 0.461. The number of carbonyl (C=O) groups excluding carboxylic acids is 2. The molecule has 0 rings (SSSR count). The van der Waals surface area contributed by atoms with E-state index in [0.717, 1.165) is 0 Å². The van der Waals surface area contributed by atoms with E-state index >= 15 is 0 Å². The summed E-state index contributed by atoms with van der Waals surface area (Å²) < 4.78 is 4.45. The van der Waals surface area contributed by atoms with Gasteiger partial charge in [0, 0.05) is 0 Å². The highest BCUT2D eigenvalue weighted by Gasteiger charge is 2.02. The molecule has 0 heterocycles. The van der Waals surface area contributed by atoms with Gasteiger partial charge in [-0.2, -0.15) is 0 Å². The molecule has 0 fully saturated rings. The van der Waals surface area contributed by atoms with Gasteiger partial charge in [-0.05, 0) is 19.9 Å². The Labute approximate surface area is 65.2 Å². The van der Waals surface area contributed by atoms with Crippen LogP contribution < -0.4 is 5.32 Å². The number of hydrogen-bond acceptors (Lipinski definition) is 3. The molecule has 0 saturated carbocycles. The Hall–Kier alpha value is -1.32. The lowest BCUT2D eigenvalue weighted by Crippen LogP contribution is -2.29. The third kappa shape index (κ3) is 5.14. The monoisotopic (exact) mass is 157 g/mol. The third-order valence-electron chi connectivity index (χ3n) is 0.819. The molecule has 0 unspecified atom stereocenters. The van der Waals surface area contributed by atoms with E-state index < -0.39 is 12.0 Å². The Morgan fingerprint density at radius 2 is 2.18 bits per heavy atom. The number of allylic oxidation sites excluding steroid dienone is 1. The second-order valence-corrected chi connectivity index (χ2v) is 1.71. The minimum Gasteiger partial charge on any atom is -0.450 e. The zero-order valence-corrected chi connectivity index (χ0v) is 6.59. The van der Waals surface area contributed by atoms with Crippen molar-refractivity contribution in [1.82, 2.24) is 5.32 Å². The Bertz CT molecular complexity index is 175. The normalized spacial score (nSPS) is 9.64. The van der Waals surface area contributed by atoms with Crippen molar-refractivity contribution < 1.29 is 14.3 Å². The van der Waals surface area contributed by atoms with Crippen LogP contribution in [0.1, 0.15) is 13.8 Å². The van der Waals surface area contributed by atoms with Gasteiger partial charge in [0.15, 0.2) is 0 Å². The van der Waals surface area contributed by atoms with Gasteiger partial charge in [-0.3, -0.25) is 10.1 Å². The summed E-state index contributed by atoms with van der Waals surface area (Å²) in [6, 6.07) is 0. The van der Waals surface area contributed by atoms with Crippen LogP contribution in [0.25, 0.3) is 0 Å². The minimum absolute atomic E-state index is 0.259. The van der Waals surface area contributed by atoms with Gasteiger partial charge < -0.3 is 4.74 Å². The van der Waals surface area contributed by atoms with E-state index in [0.29, 0.717) is 0 Å². The van der Waals surface area contributed by atoms with E-state index in [2.05, 4.69) is 4.74 Å². The van der Waals surface area contributed by atoms with Crippen molar-refractivity contribution >= 4 is 12.0 Å². The summed E-state index contributed by atoms with van der Waals surface area (Å²) >= 11 is 0. The van der Waals surface area contributed by atoms with E-state index in [4.69, 9.17) is 0 Å². The molecule has 62 valence electrons. The van der Waals surface area contributed by atoms with Crippen LogP contribution in [0.15, 0.2) is 12.2 Å². The largest absolute Gasteiger partial charge is 0.450 e. The average Bonchev–Trinajstić information content (AvgIpc) is 1.87. The third-order valence-corrected chi connectivity index (χ3v) is 0.819. The van der Waals surface area contributed by atoms with E-state index in [9.17, 15) is 9.59 Å². The molecule has 0 spiro atoms. The topological polar surface area (TPSA) is 55.4 Å². The van der Waals surface area contributed by atoms with E-state index in [1.807, 2.05) is 5.32 Å². The average molecular weight is 157 g/mol. The highest BCUT2D eigenvalue weighted by Crippen LogP contribution is 1.77. The standard InChI is InChI=1S/C7H11NO3/c1-3-5-6(9)8-7(10)11-4-2/h3,5H,4H2,1-2H3,(H,8,9,10). The van der Waals surface area contributed by atoms with Gasteiger partial charge in [-0.15, -0.1) is 0 Å². The quantitative estimate of drug-likeness (QED) is 0.604. The van der Waals surface area contributed by atoms with Crippen LogP contribution in [0.3, 0.4) is 0 Å². The number of hydrogen-bond donors (Lipinski definition) is 1. The molecule has 0 radical (unpaired) electrons. The molecule has 0 aliphatic rings. The zero-order valence-electron chi connectivity index (χ0n) is 6.59. The molecule has 4 heteroatoms. The summed E-state index contributed by atoms with van der Waals surface area (Å²) in [5.41, 5.74) is 0. The van der Waals surface area contributed by atoms with Crippen molar-refractivity contribution in [3.63, 3.8) is 0 Å². The molecule has 2 amide bonds. The van der Waals surface area contributed by atoms with Gasteiger partial charge >= 0.3 is 6.09 Å². The van der Waals surface area contributed by atoms with Crippen LogP contribution >= 0.6 is 0 Å². The summed E-state index contributed by atoms with van der Waals surface area (Å²) in [7, 11) is 0. The molecule has 0 aromatic rings. The molecular formula is C7H11NO3. The number of alkyl carbamates (subject to hydrolysis) is 1. The lowest BCUT2D eigenvalue weighted by Gasteiger charge is -1.99. The van der Waals surface area contributed by atoms with Crippen molar-refractivity contribution in [2.45, 2.75) is 13.8 Å². The van der Waals surface area contributed by atoms with Crippen molar-refractivity contribution in [3.8, 4) is 0 Å². The van der Waals surface area contributed by atoms with Crippen LogP contribution in [-0.2, 0) is 9.53 Å². The highest BCUT2D eigenvalue weighted by molar-refractivity contribution is 5.98. The van der Waals surface area contributed by atoms with Crippen molar-refractivity contribution in [2.75, 3.05) is 6.61 Å². The number of nitrogens with one attached hydrogen (secondary N) is 1. The molecule has 1 N–H and O–H groups in total. The SMILES string of the molecule is CC=CC(=O)NC(=O)OCC. The molecule has 4 nitrogen and oxygen atoms in total. The molecule has 11 heavy (non-hydrogen) atoms. The van der Waals surface area contributed by atoms with Crippen LogP contribution in [0.5, 0.6) is 0 Å². The highest BCUT2D eigenvalue weighted by atomic mass is 16.5. The van der Waals surface area contributed by atoms with Crippen LogP contribution in [0.4, 0.5) is 4.79 Å². The van der Waals surface area contributed by atoms with Gasteiger partial charge in [0.05, 0.1) is 6.61 Å². The predicted molar refractivity (Wildman–Crippen MR) is 40.0 cm³/mol. The second-order valence-electron chi connectivity index (χ2n) is 1.71. The van der Waals surface area contributed by atoms with Crippen LogP contribution in [0, 0.1) is 0 Å². The van der Waals surface area contributed by atoms with Crippen LogP contribution in [0.2, 0.25) is 0 Å². The van der Waals surface area contributed by atoms with Gasteiger partial charge in [0.2, 0.25) is 0 Å². The first kappa shape index (κ1) is 9.68. The first-order chi connectivity index (χ1) is 5.20. The van der Waals surface area contributed by atoms with E-state index in [-0.39, 0.29) is 6.61 Å². The Morgan fingerprint density at radius 1 is 1.55 bits per heavy atom. The molecule has 0 aromatic carbocycles. The Morgan fingerprint density at radius 3 is 2.64 bits per heavy atom. The summed E-state index contributed by atoms with van der Waals surface area (Å²) in [4.78, 5) is 21.2. The van der Waals surface area contributed by atoms with E-state index in [1.165, 1.54) is 12.2 Å². The minimum atomic E-state index is -0.712. The lowest BCUT2D eigenvalue weighted by atomic mass is 10.5. The van der Waals surface area contributed by atoms with Crippen molar-refractivity contribution in [2.24, 2.45) is 0 Å². The molecule has 0 aliphatic heterocycles. The molecule has 0 saturated heterocycles. The number of amides is 2. The molecule has 0 atom stereocenters. The van der Waals surface area contributed by atoms with Crippen LogP contribution in [-0.4, -0.2) is 18.6 Å². The fraction of sp³-hybridized carbons (Fsp3) is 0.429. The first-order valence-electron chi connectivity index (χ1n) is 3.31. The summed E-state index contributed by atoms with van der Waals surface area (Å²) in [5, 5.41) is 1.99. The van der Waals surface area contributed by atoms with Gasteiger partial charge in [0.1, 0.15) is 0 Å². The summed E-state index contributed by atoms with van der Waals surface area (Å²) in [6.45, 7) is 3.61. The van der Waals surface area contributed by atoms with Crippen molar-refractivity contribution in [1.29, 1.82) is 0 Å². The number of imide groups is 1. The molecular weight excluding hydrogens is 146 g/mol. The molecule has 0 aliphatic carbocycles. The number of rotatable bonds is 2.